The maximum Gasteiger partial charge on any atom is 0.216 e. The second-order valence-corrected chi connectivity index (χ2v) is 9.68. The summed E-state index contributed by atoms with van der Waals surface area (Å²) in [7, 11) is 0. The Morgan fingerprint density at radius 3 is 2.53 bits per heavy atom. The number of aromatic nitrogens is 2. The number of Topliss-reactive ketones (excluding diaryl/α,β-unsaturated/α-hetero) is 1. The molecule has 0 saturated heterocycles. The number of hydrogen-bond donors (Lipinski definition) is 1. The second-order valence-electron chi connectivity index (χ2n) is 7.40. The summed E-state index contributed by atoms with van der Waals surface area (Å²) in [6.07, 6.45) is 0.733. The zero-order valence-corrected chi connectivity index (χ0v) is 19.5. The van der Waals surface area contributed by atoms with Crippen LogP contribution in [-0.4, -0.2) is 33.5 Å². The van der Waals surface area contributed by atoms with Gasteiger partial charge in [0.25, 0.3) is 0 Å². The minimum absolute atomic E-state index is 0.0397. The number of rotatable bonds is 8. The van der Waals surface area contributed by atoms with Crippen LogP contribution in [0.3, 0.4) is 0 Å². The highest BCUT2D eigenvalue weighted by Crippen LogP contribution is 2.33. The van der Waals surface area contributed by atoms with Gasteiger partial charge in [0.15, 0.2) is 11.6 Å². The van der Waals surface area contributed by atoms with E-state index in [1.165, 1.54) is 18.7 Å². The first-order valence-corrected chi connectivity index (χ1v) is 12.1. The van der Waals surface area contributed by atoms with Crippen molar-refractivity contribution in [1.29, 1.82) is 0 Å². The van der Waals surface area contributed by atoms with E-state index in [-0.39, 0.29) is 16.9 Å². The van der Waals surface area contributed by atoms with Crippen molar-refractivity contribution in [2.75, 3.05) is 6.54 Å². The van der Waals surface area contributed by atoms with Crippen LogP contribution in [0.15, 0.2) is 71.1 Å². The smallest absolute Gasteiger partial charge is 0.216 e. The molecule has 4 aromatic rings. The first kappa shape index (κ1) is 22.2. The number of fused-ring (bicyclic) bond motifs is 1. The molecule has 0 fully saturated rings. The molecule has 0 saturated carbocycles. The van der Waals surface area contributed by atoms with E-state index in [2.05, 4.69) is 5.32 Å². The number of benzene rings is 2. The molecule has 5 nitrogen and oxygen atoms in total. The molecule has 0 radical (unpaired) electrons. The van der Waals surface area contributed by atoms with Crippen LogP contribution in [0.1, 0.15) is 29.8 Å². The van der Waals surface area contributed by atoms with Gasteiger partial charge in [0, 0.05) is 24.4 Å². The van der Waals surface area contributed by atoms with Gasteiger partial charge in [-0.25, -0.2) is 9.97 Å². The van der Waals surface area contributed by atoms with Gasteiger partial charge < -0.3 is 5.32 Å². The number of nitrogens with zero attached hydrogens (tertiary/aromatic N) is 2. The van der Waals surface area contributed by atoms with Crippen LogP contribution in [0.5, 0.6) is 0 Å². The summed E-state index contributed by atoms with van der Waals surface area (Å²) in [5.41, 5.74) is 2.62. The Kier molecular flexibility index (Phi) is 6.97. The van der Waals surface area contributed by atoms with Crippen molar-refractivity contribution in [1.82, 2.24) is 15.3 Å². The van der Waals surface area contributed by atoms with E-state index in [0.717, 1.165) is 32.8 Å². The maximum absolute atomic E-state index is 13.1. The third-order valence-electron chi connectivity index (χ3n) is 4.99. The Morgan fingerprint density at radius 2 is 1.81 bits per heavy atom. The Labute approximate surface area is 195 Å². The number of carbonyl (C=O) groups is 2. The average Bonchev–Trinajstić information content (AvgIpc) is 3.34. The summed E-state index contributed by atoms with van der Waals surface area (Å²) >= 11 is 3.06. The molecule has 0 aliphatic rings. The van der Waals surface area contributed by atoms with Crippen molar-refractivity contribution >= 4 is 45.7 Å². The predicted octanol–water partition coefficient (Wildman–Crippen LogP) is 5.40. The fourth-order valence-electron chi connectivity index (χ4n) is 3.33. The molecule has 2 heterocycles. The van der Waals surface area contributed by atoms with Crippen molar-refractivity contribution in [3.63, 3.8) is 0 Å². The molecule has 4 rings (SSSR count). The molecule has 2 aromatic heterocycles. The van der Waals surface area contributed by atoms with Gasteiger partial charge in [0.2, 0.25) is 5.91 Å². The molecular formula is C25H23N3O2S2. The Balaban J connectivity index is 1.52. The Morgan fingerprint density at radius 1 is 1.03 bits per heavy atom. The third-order valence-corrected chi connectivity index (χ3v) is 6.96. The van der Waals surface area contributed by atoms with Crippen LogP contribution in [0.4, 0.5) is 0 Å². The van der Waals surface area contributed by atoms with Crippen molar-refractivity contribution < 1.29 is 9.59 Å². The predicted molar refractivity (Wildman–Crippen MR) is 131 cm³/mol. The number of para-hydroxylation sites is 1. The lowest BCUT2D eigenvalue weighted by Crippen LogP contribution is -2.22. The summed E-state index contributed by atoms with van der Waals surface area (Å²) < 4.78 is 0. The lowest BCUT2D eigenvalue weighted by atomic mass is 10.0. The van der Waals surface area contributed by atoms with Crippen LogP contribution >= 0.6 is 23.1 Å². The fourth-order valence-corrected chi connectivity index (χ4v) is 5.00. The molecule has 0 aliphatic carbocycles. The van der Waals surface area contributed by atoms with Gasteiger partial charge in [-0.2, -0.15) is 0 Å². The lowest BCUT2D eigenvalue weighted by Gasteiger charge is -2.13. The van der Waals surface area contributed by atoms with Crippen LogP contribution in [-0.2, 0) is 11.2 Å². The topological polar surface area (TPSA) is 72.0 Å². The number of carbonyl (C=O) groups excluding carboxylic acids is 2. The molecule has 1 atom stereocenters. The summed E-state index contributed by atoms with van der Waals surface area (Å²) in [5.74, 6) is 0.704. The molecule has 0 bridgehead atoms. The van der Waals surface area contributed by atoms with Crippen LogP contribution in [0.25, 0.3) is 21.6 Å². The van der Waals surface area contributed by atoms with Crippen molar-refractivity contribution in [3.8, 4) is 10.7 Å². The normalized spacial score (nSPS) is 11.9. The van der Waals surface area contributed by atoms with E-state index in [9.17, 15) is 9.59 Å². The molecule has 1 amide bonds. The van der Waals surface area contributed by atoms with Gasteiger partial charge >= 0.3 is 0 Å². The third kappa shape index (κ3) is 5.23. The molecule has 1 unspecified atom stereocenters. The number of thiophene rings is 1. The second kappa shape index (κ2) is 10.1. The molecule has 1 N–H and O–H groups in total. The van der Waals surface area contributed by atoms with Gasteiger partial charge in [0.1, 0.15) is 5.03 Å². The van der Waals surface area contributed by atoms with Gasteiger partial charge in [0.05, 0.1) is 15.6 Å². The highest BCUT2D eigenvalue weighted by atomic mass is 32.2. The van der Waals surface area contributed by atoms with Crippen LogP contribution in [0, 0.1) is 0 Å². The number of nitrogens with one attached hydrogen (secondary N) is 1. The fraction of sp³-hybridized carbons (Fsp3) is 0.200. The van der Waals surface area contributed by atoms with E-state index in [0.29, 0.717) is 17.9 Å². The minimum Gasteiger partial charge on any atom is -0.356 e. The monoisotopic (exact) mass is 461 g/mol. The number of thioether (sulfide) groups is 1. The average molecular weight is 462 g/mol. The van der Waals surface area contributed by atoms with Gasteiger partial charge in [-0.1, -0.05) is 60.3 Å². The minimum atomic E-state index is -0.297. The summed E-state index contributed by atoms with van der Waals surface area (Å²) in [5, 5.41) is 6.26. The first-order chi connectivity index (χ1) is 15.5. The van der Waals surface area contributed by atoms with Crippen molar-refractivity contribution in [2.45, 2.75) is 30.5 Å². The van der Waals surface area contributed by atoms with Crippen molar-refractivity contribution in [3.05, 3.63) is 77.2 Å². The molecule has 32 heavy (non-hydrogen) atoms. The van der Waals surface area contributed by atoms with E-state index >= 15 is 0 Å². The van der Waals surface area contributed by atoms with Crippen LogP contribution in [0.2, 0.25) is 0 Å². The van der Waals surface area contributed by atoms with Gasteiger partial charge in [-0.15, -0.1) is 11.3 Å². The molecule has 0 spiro atoms. The van der Waals surface area contributed by atoms with Crippen molar-refractivity contribution in [2.24, 2.45) is 0 Å². The maximum atomic E-state index is 13.1. The molecule has 7 heteroatoms. The number of hydrogen-bond acceptors (Lipinski definition) is 6. The van der Waals surface area contributed by atoms with E-state index in [1.54, 1.807) is 11.3 Å². The first-order valence-electron chi connectivity index (χ1n) is 10.4. The van der Waals surface area contributed by atoms with E-state index < -0.39 is 0 Å². The Bertz CT molecular complexity index is 1240. The van der Waals surface area contributed by atoms with Gasteiger partial charge in [-0.05, 0) is 36.4 Å². The summed E-state index contributed by atoms with van der Waals surface area (Å²) in [6.45, 7) is 4.01. The number of amides is 1. The molecule has 162 valence electrons. The standard InChI is InChI=1S/C25H23N3O2S2/c1-16(23(30)19-11-9-18(10-12-19)13-14-26-17(2)29)32-25-20-6-3-4-7-21(20)27-24(28-25)22-8-5-15-31-22/h3-12,15-16H,13-14H2,1-2H3,(H,26,29). The SMILES string of the molecule is CC(=O)NCCc1ccc(C(=O)C(C)Sc2nc(-c3cccs3)nc3ccccc23)cc1. The zero-order chi connectivity index (χ0) is 22.5. The number of ketones is 1. The lowest BCUT2D eigenvalue weighted by molar-refractivity contribution is -0.118. The van der Waals surface area contributed by atoms with Crippen LogP contribution < -0.4 is 5.32 Å². The quantitative estimate of drug-likeness (QED) is 0.216. The molecular weight excluding hydrogens is 438 g/mol. The Hall–Kier alpha value is -3.03. The molecule has 2 aromatic carbocycles. The largest absolute Gasteiger partial charge is 0.356 e. The van der Waals surface area contributed by atoms with E-state index in [1.807, 2.05) is 73.0 Å². The summed E-state index contributed by atoms with van der Waals surface area (Å²) in [4.78, 5) is 34.6. The summed E-state index contributed by atoms with van der Waals surface area (Å²) in [6, 6.07) is 19.5. The van der Waals surface area contributed by atoms with Gasteiger partial charge in [-0.3, -0.25) is 9.59 Å². The van der Waals surface area contributed by atoms with E-state index in [4.69, 9.17) is 9.97 Å². The highest BCUT2D eigenvalue weighted by Gasteiger charge is 2.20. The zero-order valence-electron chi connectivity index (χ0n) is 17.9. The molecule has 0 aliphatic heterocycles. The highest BCUT2D eigenvalue weighted by molar-refractivity contribution is 8.00.